The quantitative estimate of drug-likeness (QED) is 0.647. The lowest BCUT2D eigenvalue weighted by Crippen LogP contribution is -2.28. The van der Waals surface area contributed by atoms with Crippen molar-refractivity contribution in [3.05, 3.63) is 12.2 Å². The van der Waals surface area contributed by atoms with Gasteiger partial charge in [0.15, 0.2) is 0 Å². The fraction of sp³-hybridized carbons (Fsp3) is 0.750. The Hall–Kier alpha value is -0.990. The minimum atomic E-state index is -3.26. The van der Waals surface area contributed by atoms with Crippen molar-refractivity contribution in [3.63, 3.8) is 0 Å². The zero-order valence-electron chi connectivity index (χ0n) is 9.26. The predicted molar refractivity (Wildman–Crippen MR) is 60.0 cm³/mol. The van der Waals surface area contributed by atoms with E-state index in [1.54, 1.807) is 10.9 Å². The lowest BCUT2D eigenvalue weighted by Gasteiger charge is -2.06. The molecule has 1 rings (SSSR count). The lowest BCUT2D eigenvalue weighted by molar-refractivity contribution is 0.573. The first-order chi connectivity index (χ1) is 7.59. The second-order valence-electron chi connectivity index (χ2n) is 3.32. The van der Waals surface area contributed by atoms with E-state index in [1.165, 1.54) is 0 Å². The summed E-state index contributed by atoms with van der Waals surface area (Å²) in [7, 11) is -3.26. The first kappa shape index (κ1) is 13.1. The zero-order valence-corrected chi connectivity index (χ0v) is 10.1. The average molecular weight is 247 g/mol. The van der Waals surface area contributed by atoms with Crippen LogP contribution in [0.2, 0.25) is 0 Å². The molecule has 0 saturated heterocycles. The summed E-state index contributed by atoms with van der Waals surface area (Å²) in [6, 6.07) is 0. The number of sulfonamides is 1. The van der Waals surface area contributed by atoms with Crippen molar-refractivity contribution in [1.29, 1.82) is 0 Å². The van der Waals surface area contributed by atoms with Crippen LogP contribution in [-0.2, 0) is 23.1 Å². The van der Waals surface area contributed by atoms with Crippen LogP contribution in [0.15, 0.2) is 6.33 Å². The highest BCUT2D eigenvalue weighted by Gasteiger charge is 2.11. The third-order valence-corrected chi connectivity index (χ3v) is 3.51. The number of hydrogen-bond donors (Lipinski definition) is 2. The Balaban J connectivity index is 2.51. The molecule has 0 saturated carbocycles. The number of nitrogens with two attached hydrogens (primary N) is 1. The number of aromatic nitrogens is 3. The molecule has 0 aliphatic rings. The van der Waals surface area contributed by atoms with Crippen molar-refractivity contribution in [2.45, 2.75) is 26.4 Å². The van der Waals surface area contributed by atoms with Crippen LogP contribution < -0.4 is 10.5 Å². The second kappa shape index (κ2) is 5.92. The molecule has 3 N–H and O–H groups in total. The van der Waals surface area contributed by atoms with Crippen molar-refractivity contribution in [1.82, 2.24) is 19.5 Å². The summed E-state index contributed by atoms with van der Waals surface area (Å²) in [5.41, 5.74) is 5.25. The van der Waals surface area contributed by atoms with Gasteiger partial charge in [-0.05, 0) is 19.9 Å². The summed E-state index contributed by atoms with van der Waals surface area (Å²) in [6.45, 7) is 3.19. The molecule has 8 heteroatoms. The van der Waals surface area contributed by atoms with E-state index in [1.807, 2.05) is 6.92 Å². The van der Waals surface area contributed by atoms with E-state index >= 15 is 0 Å². The normalized spacial score (nSPS) is 11.9. The fourth-order valence-corrected chi connectivity index (χ4v) is 2.24. The maximum atomic E-state index is 11.5. The Morgan fingerprint density at radius 3 is 2.94 bits per heavy atom. The van der Waals surface area contributed by atoms with Crippen molar-refractivity contribution < 1.29 is 8.42 Å². The molecule has 0 aromatic carbocycles. The van der Waals surface area contributed by atoms with Gasteiger partial charge in [0.25, 0.3) is 0 Å². The highest BCUT2D eigenvalue weighted by atomic mass is 32.2. The summed E-state index contributed by atoms with van der Waals surface area (Å²) in [4.78, 5) is 0. The molecule has 1 aromatic rings. The maximum absolute atomic E-state index is 11.5. The molecule has 7 nitrogen and oxygen atoms in total. The molecule has 0 aliphatic carbocycles. The number of hydrogen-bond acceptors (Lipinski definition) is 5. The van der Waals surface area contributed by atoms with E-state index < -0.39 is 10.0 Å². The number of rotatable bonds is 7. The first-order valence-corrected chi connectivity index (χ1v) is 6.78. The SMILES string of the molecule is CCn1cnnc1CNS(=O)(=O)CCCN. The van der Waals surface area contributed by atoms with Gasteiger partial charge in [0.05, 0.1) is 12.3 Å². The van der Waals surface area contributed by atoms with Crippen LogP contribution in [0, 0.1) is 0 Å². The van der Waals surface area contributed by atoms with E-state index in [-0.39, 0.29) is 12.3 Å². The van der Waals surface area contributed by atoms with Crippen LogP contribution >= 0.6 is 0 Å². The van der Waals surface area contributed by atoms with Crippen LogP contribution in [0.3, 0.4) is 0 Å². The van der Waals surface area contributed by atoms with Crippen LogP contribution in [-0.4, -0.2) is 35.5 Å². The second-order valence-corrected chi connectivity index (χ2v) is 5.24. The lowest BCUT2D eigenvalue weighted by atomic mass is 10.5. The Labute approximate surface area is 95.1 Å². The van der Waals surface area contributed by atoms with E-state index in [0.717, 1.165) is 0 Å². The minimum Gasteiger partial charge on any atom is -0.330 e. The minimum absolute atomic E-state index is 0.0454. The fourth-order valence-electron chi connectivity index (χ4n) is 1.20. The van der Waals surface area contributed by atoms with Crippen LogP contribution in [0.25, 0.3) is 0 Å². The standard InChI is InChI=1S/C8H17N5O2S/c1-2-13-7-10-12-8(13)6-11-16(14,15)5-3-4-9/h7,11H,2-6,9H2,1H3. The van der Waals surface area contributed by atoms with Gasteiger partial charge in [0.2, 0.25) is 10.0 Å². The number of aryl methyl sites for hydroxylation is 1. The zero-order chi connectivity index (χ0) is 12.0. The molecule has 1 aromatic heterocycles. The molecule has 92 valence electrons. The Kier molecular flexibility index (Phi) is 4.84. The number of nitrogens with zero attached hydrogens (tertiary/aromatic N) is 3. The molecule has 1 heterocycles. The molecule has 0 radical (unpaired) electrons. The highest BCUT2D eigenvalue weighted by Crippen LogP contribution is 1.96. The topological polar surface area (TPSA) is 103 Å². The summed E-state index contributed by atoms with van der Waals surface area (Å²) in [5, 5.41) is 7.55. The van der Waals surface area contributed by atoms with E-state index in [4.69, 9.17) is 5.73 Å². The molecule has 0 fully saturated rings. The summed E-state index contributed by atoms with van der Waals surface area (Å²) in [5.74, 6) is 0.655. The Bertz CT molecular complexity index is 414. The summed E-state index contributed by atoms with van der Waals surface area (Å²) < 4.78 is 27.2. The van der Waals surface area contributed by atoms with E-state index in [0.29, 0.717) is 25.3 Å². The molecule has 0 unspecified atom stereocenters. The van der Waals surface area contributed by atoms with Gasteiger partial charge in [-0.25, -0.2) is 13.1 Å². The molecule has 0 amide bonds. The van der Waals surface area contributed by atoms with Crippen molar-refractivity contribution >= 4 is 10.0 Å². The van der Waals surface area contributed by atoms with Gasteiger partial charge >= 0.3 is 0 Å². The first-order valence-electron chi connectivity index (χ1n) is 5.13. The highest BCUT2D eigenvalue weighted by molar-refractivity contribution is 7.89. The Morgan fingerprint density at radius 2 is 2.31 bits per heavy atom. The monoisotopic (exact) mass is 247 g/mol. The van der Waals surface area contributed by atoms with Gasteiger partial charge < -0.3 is 10.3 Å². The van der Waals surface area contributed by atoms with Gasteiger partial charge in [-0.3, -0.25) is 0 Å². The third kappa shape index (κ3) is 3.87. The maximum Gasteiger partial charge on any atom is 0.212 e. The largest absolute Gasteiger partial charge is 0.330 e. The van der Waals surface area contributed by atoms with Crippen molar-refractivity contribution in [2.75, 3.05) is 12.3 Å². The average Bonchev–Trinajstić information content (AvgIpc) is 2.71. The van der Waals surface area contributed by atoms with E-state index in [9.17, 15) is 8.42 Å². The molecule has 0 aliphatic heterocycles. The third-order valence-electron chi connectivity index (χ3n) is 2.10. The van der Waals surface area contributed by atoms with Crippen LogP contribution in [0.1, 0.15) is 19.2 Å². The summed E-state index contributed by atoms with van der Waals surface area (Å²) >= 11 is 0. The van der Waals surface area contributed by atoms with E-state index in [2.05, 4.69) is 14.9 Å². The Morgan fingerprint density at radius 1 is 1.56 bits per heavy atom. The smallest absolute Gasteiger partial charge is 0.212 e. The predicted octanol–water partition coefficient (Wildman–Crippen LogP) is -0.934. The molecular formula is C8H17N5O2S. The van der Waals surface area contributed by atoms with Gasteiger partial charge in [0, 0.05) is 6.54 Å². The van der Waals surface area contributed by atoms with Gasteiger partial charge in [-0.2, -0.15) is 0 Å². The molecule has 0 spiro atoms. The van der Waals surface area contributed by atoms with Crippen LogP contribution in [0.4, 0.5) is 0 Å². The van der Waals surface area contributed by atoms with Gasteiger partial charge in [-0.15, -0.1) is 10.2 Å². The summed E-state index contributed by atoms with van der Waals surface area (Å²) in [6.07, 6.45) is 2.03. The molecule has 16 heavy (non-hydrogen) atoms. The van der Waals surface area contributed by atoms with Crippen LogP contribution in [0.5, 0.6) is 0 Å². The molecular weight excluding hydrogens is 230 g/mol. The van der Waals surface area contributed by atoms with Crippen molar-refractivity contribution in [3.8, 4) is 0 Å². The molecule has 0 bridgehead atoms. The van der Waals surface area contributed by atoms with Gasteiger partial charge in [0.1, 0.15) is 12.2 Å². The molecule has 0 atom stereocenters. The van der Waals surface area contributed by atoms with Crippen molar-refractivity contribution in [2.24, 2.45) is 5.73 Å². The number of nitrogens with one attached hydrogen (secondary N) is 1. The van der Waals surface area contributed by atoms with Gasteiger partial charge in [-0.1, -0.05) is 0 Å².